The van der Waals surface area contributed by atoms with Crippen molar-refractivity contribution < 1.29 is 23.7 Å². The third kappa shape index (κ3) is 3.78. The topological polar surface area (TPSA) is 118 Å². The highest BCUT2D eigenvalue weighted by Crippen LogP contribution is 2.46. The van der Waals surface area contributed by atoms with Crippen LogP contribution in [-0.4, -0.2) is 39.6 Å². The van der Waals surface area contributed by atoms with Gasteiger partial charge in [-0.2, -0.15) is 5.26 Å². The highest BCUT2D eigenvalue weighted by atomic mass is 16.5. The Hall–Kier alpha value is -3.64. The number of ether oxygens (including phenoxy) is 5. The fourth-order valence-electron chi connectivity index (χ4n) is 3.75. The number of nitrogens with zero attached hydrogens (tertiary/aromatic N) is 2. The van der Waals surface area contributed by atoms with Gasteiger partial charge < -0.3 is 34.0 Å². The number of aryl methyl sites for hydroxylation is 1. The van der Waals surface area contributed by atoms with Crippen LogP contribution >= 0.6 is 0 Å². The van der Waals surface area contributed by atoms with Gasteiger partial charge in [-0.25, -0.2) is 0 Å². The van der Waals surface area contributed by atoms with Gasteiger partial charge >= 0.3 is 0 Å². The highest BCUT2D eigenvalue weighted by Gasteiger charge is 2.35. The molecule has 164 valence electrons. The first-order valence-corrected chi connectivity index (χ1v) is 9.52. The molecule has 1 aromatic heterocycles. The Morgan fingerprint density at radius 3 is 2.29 bits per heavy atom. The predicted octanol–water partition coefficient (Wildman–Crippen LogP) is 2.05. The van der Waals surface area contributed by atoms with E-state index in [1.807, 2.05) is 0 Å². The molecule has 1 aromatic carbocycles. The molecule has 2 N–H and O–H groups in total. The zero-order chi connectivity index (χ0) is 22.7. The molecule has 2 aromatic rings. The van der Waals surface area contributed by atoms with E-state index in [1.165, 1.54) is 21.3 Å². The van der Waals surface area contributed by atoms with E-state index in [9.17, 15) is 10.1 Å². The fraction of sp³-hybridized carbons (Fsp3) is 0.364. The number of nitrogens with two attached hydrogens (primary N) is 1. The zero-order valence-electron chi connectivity index (χ0n) is 18.1. The van der Waals surface area contributed by atoms with Crippen LogP contribution in [0.5, 0.6) is 23.0 Å². The normalized spacial score (nSPS) is 15.0. The summed E-state index contributed by atoms with van der Waals surface area (Å²) in [6.45, 7) is 2.52. The maximum Gasteiger partial charge on any atom is 0.258 e. The van der Waals surface area contributed by atoms with Gasteiger partial charge in [0.05, 0.1) is 39.4 Å². The van der Waals surface area contributed by atoms with Crippen LogP contribution in [0.25, 0.3) is 0 Å². The van der Waals surface area contributed by atoms with Gasteiger partial charge in [0.25, 0.3) is 5.56 Å². The monoisotopic (exact) mass is 427 g/mol. The number of methoxy groups -OCH3 is 4. The molecule has 0 aliphatic carbocycles. The summed E-state index contributed by atoms with van der Waals surface area (Å²) >= 11 is 0. The second-order valence-corrected chi connectivity index (χ2v) is 6.90. The number of fused-ring (bicyclic) bond motifs is 1. The summed E-state index contributed by atoms with van der Waals surface area (Å²) in [5.41, 5.74) is 7.49. The quantitative estimate of drug-likeness (QED) is 0.713. The molecule has 9 nitrogen and oxygen atoms in total. The van der Waals surface area contributed by atoms with Crippen molar-refractivity contribution in [1.82, 2.24) is 4.57 Å². The van der Waals surface area contributed by atoms with Crippen molar-refractivity contribution in [2.24, 2.45) is 5.73 Å². The van der Waals surface area contributed by atoms with Gasteiger partial charge in [-0.15, -0.1) is 0 Å². The van der Waals surface area contributed by atoms with Crippen LogP contribution in [0.1, 0.15) is 22.7 Å². The van der Waals surface area contributed by atoms with Crippen molar-refractivity contribution in [3.63, 3.8) is 0 Å². The smallest absolute Gasteiger partial charge is 0.258 e. The van der Waals surface area contributed by atoms with Crippen molar-refractivity contribution in [1.29, 1.82) is 5.26 Å². The van der Waals surface area contributed by atoms with Crippen LogP contribution in [0.15, 0.2) is 34.4 Å². The molecule has 9 heteroatoms. The van der Waals surface area contributed by atoms with Gasteiger partial charge in [-0.1, -0.05) is 0 Å². The molecule has 1 aliphatic heterocycles. The predicted molar refractivity (Wildman–Crippen MR) is 113 cm³/mol. The van der Waals surface area contributed by atoms with E-state index in [1.54, 1.807) is 36.8 Å². The first-order chi connectivity index (χ1) is 14.9. The molecule has 0 saturated heterocycles. The Kier molecular flexibility index (Phi) is 6.42. The number of nitriles is 1. The van der Waals surface area contributed by atoms with Crippen LogP contribution in [0, 0.1) is 18.3 Å². The number of allylic oxidation sites excluding steroid dienone is 1. The molecule has 1 unspecified atom stereocenters. The molecule has 0 saturated carbocycles. The minimum absolute atomic E-state index is 0.0535. The minimum Gasteiger partial charge on any atom is -0.493 e. The second-order valence-electron chi connectivity index (χ2n) is 6.90. The average molecular weight is 427 g/mol. The van der Waals surface area contributed by atoms with Crippen molar-refractivity contribution in [2.75, 3.05) is 35.0 Å². The van der Waals surface area contributed by atoms with Crippen molar-refractivity contribution in [2.45, 2.75) is 19.4 Å². The molecule has 0 radical (unpaired) electrons. The van der Waals surface area contributed by atoms with Crippen LogP contribution in [-0.2, 0) is 11.3 Å². The third-order valence-corrected chi connectivity index (χ3v) is 5.23. The first-order valence-electron chi connectivity index (χ1n) is 9.52. The lowest BCUT2D eigenvalue weighted by Crippen LogP contribution is -2.33. The largest absolute Gasteiger partial charge is 0.493 e. The molecule has 3 rings (SSSR count). The summed E-state index contributed by atoms with van der Waals surface area (Å²) in [5, 5.41) is 9.84. The van der Waals surface area contributed by atoms with E-state index in [0.717, 1.165) is 0 Å². The number of hydrogen-bond donors (Lipinski definition) is 1. The summed E-state index contributed by atoms with van der Waals surface area (Å²) in [7, 11) is 6.06. The summed E-state index contributed by atoms with van der Waals surface area (Å²) < 4.78 is 28.7. The number of pyridine rings is 1. The lowest BCUT2D eigenvalue weighted by atomic mass is 9.83. The fourth-order valence-corrected chi connectivity index (χ4v) is 3.75. The standard InChI is InChI=1S/C22H25N3O6/c1-12-8-15-19(22(26)25(12)6-7-27-2)18(14(11-23)21(24)31-15)13-9-16(28-3)20(30-5)17(10-13)29-4/h8-10,18H,6-7,24H2,1-5H3. The van der Waals surface area contributed by atoms with Crippen LogP contribution in [0.4, 0.5) is 0 Å². The summed E-state index contributed by atoms with van der Waals surface area (Å²) in [6.07, 6.45) is 0. The molecule has 2 heterocycles. The van der Waals surface area contributed by atoms with E-state index in [-0.39, 0.29) is 17.0 Å². The molecule has 31 heavy (non-hydrogen) atoms. The maximum atomic E-state index is 13.5. The van der Waals surface area contributed by atoms with E-state index < -0.39 is 5.92 Å². The summed E-state index contributed by atoms with van der Waals surface area (Å²) in [4.78, 5) is 13.5. The highest BCUT2D eigenvalue weighted by molar-refractivity contribution is 5.61. The molecule has 0 spiro atoms. The van der Waals surface area contributed by atoms with Gasteiger partial charge in [-0.3, -0.25) is 4.79 Å². The van der Waals surface area contributed by atoms with Crippen molar-refractivity contribution in [3.8, 4) is 29.1 Å². The molecule has 0 amide bonds. The van der Waals surface area contributed by atoms with Gasteiger partial charge in [0.1, 0.15) is 17.4 Å². The Balaban J connectivity index is 2.33. The van der Waals surface area contributed by atoms with Gasteiger partial charge in [0.2, 0.25) is 11.6 Å². The van der Waals surface area contributed by atoms with Gasteiger partial charge in [-0.05, 0) is 24.6 Å². The van der Waals surface area contributed by atoms with E-state index in [2.05, 4.69) is 6.07 Å². The third-order valence-electron chi connectivity index (χ3n) is 5.23. The zero-order valence-corrected chi connectivity index (χ0v) is 18.1. The molecule has 1 atom stereocenters. The number of aromatic nitrogens is 1. The molecule has 0 fully saturated rings. The van der Waals surface area contributed by atoms with Crippen molar-refractivity contribution >= 4 is 0 Å². The number of hydrogen-bond acceptors (Lipinski definition) is 8. The summed E-state index contributed by atoms with van der Waals surface area (Å²) in [5.74, 6) is 0.677. The SMILES string of the molecule is COCCn1c(C)cc2c(c1=O)C(c1cc(OC)c(OC)c(OC)c1)C(C#N)=C(N)O2. The van der Waals surface area contributed by atoms with Gasteiger partial charge in [0.15, 0.2) is 11.5 Å². The summed E-state index contributed by atoms with van der Waals surface area (Å²) in [6, 6.07) is 7.23. The molecule has 1 aliphatic rings. The van der Waals surface area contributed by atoms with Crippen LogP contribution < -0.4 is 30.2 Å². The first kappa shape index (κ1) is 22.1. The average Bonchev–Trinajstić information content (AvgIpc) is 2.76. The Bertz CT molecular complexity index is 1100. The van der Waals surface area contributed by atoms with E-state index >= 15 is 0 Å². The molecule has 0 bridgehead atoms. The van der Waals surface area contributed by atoms with E-state index in [4.69, 9.17) is 29.4 Å². The Morgan fingerprint density at radius 2 is 1.77 bits per heavy atom. The Morgan fingerprint density at radius 1 is 1.13 bits per heavy atom. The van der Waals surface area contributed by atoms with Gasteiger partial charge in [0, 0.05) is 25.4 Å². The second kappa shape index (κ2) is 9.02. The Labute approximate surface area is 180 Å². The maximum absolute atomic E-state index is 13.5. The molecular formula is C22H25N3O6. The van der Waals surface area contributed by atoms with Crippen LogP contribution in [0.3, 0.4) is 0 Å². The van der Waals surface area contributed by atoms with Crippen molar-refractivity contribution in [3.05, 3.63) is 56.8 Å². The lowest BCUT2D eigenvalue weighted by molar-refractivity contribution is 0.185. The lowest BCUT2D eigenvalue weighted by Gasteiger charge is -2.28. The number of benzene rings is 1. The number of rotatable bonds is 7. The van der Waals surface area contributed by atoms with Crippen LogP contribution in [0.2, 0.25) is 0 Å². The van der Waals surface area contributed by atoms with E-state index in [0.29, 0.717) is 53.0 Å². The minimum atomic E-state index is -0.774. The molecular weight excluding hydrogens is 402 g/mol.